The normalized spacial score (nSPS) is 12.9. The molecule has 0 fully saturated rings. The molecule has 0 saturated heterocycles. The fourth-order valence-corrected chi connectivity index (χ4v) is 1.85. The minimum absolute atomic E-state index is 0.0711. The summed E-state index contributed by atoms with van der Waals surface area (Å²) in [6.45, 7) is 1.31. The molecule has 0 bridgehead atoms. The van der Waals surface area contributed by atoms with E-state index in [2.05, 4.69) is 0 Å². The second kappa shape index (κ2) is 6.55. The summed E-state index contributed by atoms with van der Waals surface area (Å²) >= 11 is 0.900. The summed E-state index contributed by atoms with van der Waals surface area (Å²) in [7, 11) is 0. The smallest absolute Gasteiger partial charge is 0.288 e. The van der Waals surface area contributed by atoms with Gasteiger partial charge in [0.25, 0.3) is 0 Å². The molecular weight excluding hydrogens is 318 g/mol. The first kappa shape index (κ1) is 17.6. The summed E-state index contributed by atoms with van der Waals surface area (Å²) in [4.78, 5) is 10.7. The van der Waals surface area contributed by atoms with Crippen LogP contribution in [-0.4, -0.2) is 10.9 Å². The molecule has 0 aliphatic rings. The van der Waals surface area contributed by atoms with Crippen molar-refractivity contribution in [2.75, 3.05) is 5.75 Å². The van der Waals surface area contributed by atoms with Crippen LogP contribution in [0.3, 0.4) is 0 Å². The molecule has 0 N–H and O–H groups in total. The van der Waals surface area contributed by atoms with Gasteiger partial charge in [0.05, 0.1) is 11.1 Å². The van der Waals surface area contributed by atoms with Crippen molar-refractivity contribution in [2.45, 2.75) is 19.3 Å². The van der Waals surface area contributed by atoms with Gasteiger partial charge in [-0.3, -0.25) is 4.79 Å². The van der Waals surface area contributed by atoms with E-state index in [1.165, 1.54) is 13.0 Å². The summed E-state index contributed by atoms with van der Waals surface area (Å²) in [6.07, 6.45) is -7.27. The highest BCUT2D eigenvalue weighted by molar-refractivity contribution is 8.13. The lowest BCUT2D eigenvalue weighted by molar-refractivity contribution is -0.143. The van der Waals surface area contributed by atoms with Crippen LogP contribution in [0, 0.1) is 0 Å². The van der Waals surface area contributed by atoms with Crippen molar-refractivity contribution in [3.8, 4) is 0 Å². The van der Waals surface area contributed by atoms with Crippen molar-refractivity contribution in [3.63, 3.8) is 0 Å². The lowest BCUT2D eigenvalue weighted by Gasteiger charge is -2.12. The van der Waals surface area contributed by atoms with E-state index < -0.39 is 23.5 Å². The Bertz CT molecular complexity index is 512. The molecule has 8 heteroatoms. The van der Waals surface area contributed by atoms with E-state index in [0.29, 0.717) is 12.1 Å². The topological polar surface area (TPSA) is 17.1 Å². The standard InChI is InChI=1S/C13H10F6OS/c1-8(20)21-4-2-3-9-5-10(12(14,15)16)7-11(6-9)13(17,18)19/h2-3,5-7H,4H2,1H3. The van der Waals surface area contributed by atoms with Gasteiger partial charge in [-0.15, -0.1) is 0 Å². The molecule has 0 atom stereocenters. The van der Waals surface area contributed by atoms with Crippen LogP contribution < -0.4 is 0 Å². The largest absolute Gasteiger partial charge is 0.416 e. The van der Waals surface area contributed by atoms with E-state index in [1.54, 1.807) is 0 Å². The van der Waals surface area contributed by atoms with E-state index in [1.807, 2.05) is 0 Å². The number of hydrogen-bond acceptors (Lipinski definition) is 2. The number of halogens is 6. The average molecular weight is 328 g/mol. The Labute approximate surface area is 121 Å². The Balaban J connectivity index is 3.11. The van der Waals surface area contributed by atoms with E-state index in [0.717, 1.165) is 17.8 Å². The number of rotatable bonds is 3. The Morgan fingerprint density at radius 1 is 1.05 bits per heavy atom. The van der Waals surface area contributed by atoms with Crippen molar-refractivity contribution in [1.29, 1.82) is 0 Å². The molecule has 0 amide bonds. The molecule has 0 unspecified atom stereocenters. The maximum Gasteiger partial charge on any atom is 0.416 e. The van der Waals surface area contributed by atoms with Gasteiger partial charge in [0.2, 0.25) is 0 Å². The van der Waals surface area contributed by atoms with Crippen LogP contribution in [0.5, 0.6) is 0 Å². The highest BCUT2D eigenvalue weighted by atomic mass is 32.2. The summed E-state index contributed by atoms with van der Waals surface area (Å²) in [5, 5.41) is -0.195. The number of carbonyl (C=O) groups excluding carboxylic acids is 1. The molecule has 1 aromatic carbocycles. The molecule has 0 radical (unpaired) electrons. The van der Waals surface area contributed by atoms with Crippen LogP contribution in [0.15, 0.2) is 24.3 Å². The molecule has 0 aliphatic carbocycles. The molecule has 1 nitrogen and oxygen atoms in total. The van der Waals surface area contributed by atoms with Gasteiger partial charge in [0.15, 0.2) is 5.12 Å². The Kier molecular flexibility index (Phi) is 5.49. The van der Waals surface area contributed by atoms with Gasteiger partial charge in [-0.25, -0.2) is 0 Å². The van der Waals surface area contributed by atoms with Gasteiger partial charge in [-0.2, -0.15) is 26.3 Å². The molecule has 21 heavy (non-hydrogen) atoms. The van der Waals surface area contributed by atoms with Crippen LogP contribution in [0.2, 0.25) is 0 Å². The first-order valence-electron chi connectivity index (χ1n) is 5.59. The zero-order valence-electron chi connectivity index (χ0n) is 10.7. The Morgan fingerprint density at radius 3 is 1.90 bits per heavy atom. The van der Waals surface area contributed by atoms with Crippen LogP contribution in [0.25, 0.3) is 6.08 Å². The molecule has 0 spiro atoms. The minimum atomic E-state index is -4.86. The zero-order chi connectivity index (χ0) is 16.3. The maximum atomic E-state index is 12.6. The summed E-state index contributed by atoms with van der Waals surface area (Å²) in [5.74, 6) is 0.174. The van der Waals surface area contributed by atoms with Crippen molar-refractivity contribution in [1.82, 2.24) is 0 Å². The molecule has 0 heterocycles. The fraction of sp³-hybridized carbons (Fsp3) is 0.308. The summed E-state index contributed by atoms with van der Waals surface area (Å²) < 4.78 is 75.5. The lowest BCUT2D eigenvalue weighted by atomic mass is 10.0. The van der Waals surface area contributed by atoms with Crippen LogP contribution in [-0.2, 0) is 17.1 Å². The van der Waals surface area contributed by atoms with Gasteiger partial charge in [-0.05, 0) is 23.8 Å². The Hall–Kier alpha value is -1.44. The predicted octanol–water partition coefficient (Wildman–Crippen LogP) is 5.02. The molecule has 1 rings (SSSR count). The van der Waals surface area contributed by atoms with Crippen molar-refractivity contribution >= 4 is 23.0 Å². The van der Waals surface area contributed by atoms with E-state index in [4.69, 9.17) is 0 Å². The highest BCUT2D eigenvalue weighted by Crippen LogP contribution is 2.36. The Morgan fingerprint density at radius 2 is 1.52 bits per heavy atom. The monoisotopic (exact) mass is 328 g/mol. The first-order valence-corrected chi connectivity index (χ1v) is 6.58. The summed E-state index contributed by atoms with van der Waals surface area (Å²) in [6, 6.07) is 1.33. The molecule has 0 saturated carbocycles. The van der Waals surface area contributed by atoms with Gasteiger partial charge in [0.1, 0.15) is 0 Å². The molecule has 0 aromatic heterocycles. The van der Waals surface area contributed by atoms with Gasteiger partial charge >= 0.3 is 12.4 Å². The third-order valence-corrected chi connectivity index (χ3v) is 3.07. The molecular formula is C13H10F6OS. The third-order valence-electron chi connectivity index (χ3n) is 2.30. The van der Waals surface area contributed by atoms with E-state index >= 15 is 0 Å². The maximum absolute atomic E-state index is 12.6. The van der Waals surface area contributed by atoms with Crippen molar-refractivity contribution in [2.24, 2.45) is 0 Å². The van der Waals surface area contributed by atoms with Crippen molar-refractivity contribution in [3.05, 3.63) is 41.0 Å². The quantitative estimate of drug-likeness (QED) is 0.725. The minimum Gasteiger partial charge on any atom is -0.288 e. The van der Waals surface area contributed by atoms with Gasteiger partial charge in [0, 0.05) is 12.7 Å². The molecule has 116 valence electrons. The number of carbonyl (C=O) groups is 1. The van der Waals surface area contributed by atoms with E-state index in [9.17, 15) is 31.1 Å². The number of benzene rings is 1. The van der Waals surface area contributed by atoms with Crippen LogP contribution in [0.1, 0.15) is 23.6 Å². The number of thioether (sulfide) groups is 1. The number of hydrogen-bond donors (Lipinski definition) is 0. The second-order valence-corrected chi connectivity index (χ2v) is 5.24. The van der Waals surface area contributed by atoms with Gasteiger partial charge in [-0.1, -0.05) is 23.9 Å². The highest BCUT2D eigenvalue weighted by Gasteiger charge is 2.36. The average Bonchev–Trinajstić information content (AvgIpc) is 2.32. The third kappa shape index (κ3) is 5.82. The SMILES string of the molecule is CC(=O)SCC=Cc1cc(C(F)(F)F)cc(C(F)(F)F)c1. The summed E-state index contributed by atoms with van der Waals surface area (Å²) in [5.41, 5.74) is -2.95. The first-order chi connectivity index (χ1) is 9.50. The fourth-order valence-electron chi connectivity index (χ4n) is 1.42. The van der Waals surface area contributed by atoms with Crippen LogP contribution in [0.4, 0.5) is 26.3 Å². The van der Waals surface area contributed by atoms with Crippen LogP contribution >= 0.6 is 11.8 Å². The predicted molar refractivity (Wildman–Crippen MR) is 68.6 cm³/mol. The second-order valence-electron chi connectivity index (χ2n) is 4.04. The van der Waals surface area contributed by atoms with Crippen molar-refractivity contribution < 1.29 is 31.1 Å². The van der Waals surface area contributed by atoms with E-state index in [-0.39, 0.29) is 22.5 Å². The molecule has 0 aliphatic heterocycles. The zero-order valence-corrected chi connectivity index (χ0v) is 11.5. The lowest BCUT2D eigenvalue weighted by Crippen LogP contribution is -2.11. The number of alkyl halides is 6. The van der Waals surface area contributed by atoms with Gasteiger partial charge < -0.3 is 0 Å². The molecule has 1 aromatic rings.